The van der Waals surface area contributed by atoms with Crippen molar-refractivity contribution in [3.8, 4) is 0 Å². The Morgan fingerprint density at radius 3 is 2.52 bits per heavy atom. The number of para-hydroxylation sites is 1. The minimum atomic E-state index is 0.0272. The van der Waals surface area contributed by atoms with Gasteiger partial charge in [0.2, 0.25) is 0 Å². The molecular formula is C18H18ClNO. The van der Waals surface area contributed by atoms with Gasteiger partial charge in [-0.25, -0.2) is 0 Å². The highest BCUT2D eigenvalue weighted by Gasteiger charge is 2.17. The summed E-state index contributed by atoms with van der Waals surface area (Å²) in [6.07, 6.45) is 1.05. The summed E-state index contributed by atoms with van der Waals surface area (Å²) >= 11 is 6.19. The molecule has 2 nitrogen and oxygen atoms in total. The van der Waals surface area contributed by atoms with Crippen molar-refractivity contribution < 1.29 is 4.42 Å². The van der Waals surface area contributed by atoms with Crippen LogP contribution in [0.1, 0.15) is 29.9 Å². The fourth-order valence-electron chi connectivity index (χ4n) is 2.61. The summed E-state index contributed by atoms with van der Waals surface area (Å²) in [6.45, 7) is 2.16. The van der Waals surface area contributed by atoms with Gasteiger partial charge in [-0.3, -0.25) is 0 Å². The Balaban J connectivity index is 2.02. The number of fused-ring (bicyclic) bond motifs is 1. The average molecular weight is 300 g/mol. The number of aryl methyl sites for hydroxylation is 1. The highest BCUT2D eigenvalue weighted by molar-refractivity contribution is 6.34. The fraction of sp³-hybridized carbons (Fsp3) is 0.222. The zero-order valence-corrected chi connectivity index (χ0v) is 12.9. The van der Waals surface area contributed by atoms with Gasteiger partial charge in [0, 0.05) is 5.39 Å². The van der Waals surface area contributed by atoms with Gasteiger partial charge in [-0.15, -0.1) is 0 Å². The molecule has 2 aromatic carbocycles. The van der Waals surface area contributed by atoms with Crippen LogP contribution in [0.5, 0.6) is 0 Å². The predicted molar refractivity (Wildman–Crippen MR) is 87.9 cm³/mol. The van der Waals surface area contributed by atoms with Gasteiger partial charge < -0.3 is 9.73 Å². The van der Waals surface area contributed by atoms with Crippen LogP contribution in [0.15, 0.2) is 52.9 Å². The molecule has 1 heterocycles. The van der Waals surface area contributed by atoms with Crippen molar-refractivity contribution in [3.05, 3.63) is 70.4 Å². The summed E-state index contributed by atoms with van der Waals surface area (Å²) in [5, 5.41) is 4.99. The van der Waals surface area contributed by atoms with Gasteiger partial charge in [0.15, 0.2) is 5.58 Å². The lowest BCUT2D eigenvalue weighted by molar-refractivity contribution is 0.491. The first-order valence-corrected chi connectivity index (χ1v) is 7.54. The first-order valence-electron chi connectivity index (χ1n) is 7.17. The molecular weight excluding hydrogens is 282 g/mol. The van der Waals surface area contributed by atoms with Gasteiger partial charge >= 0.3 is 0 Å². The third-order valence-electron chi connectivity index (χ3n) is 3.81. The number of rotatable bonds is 4. The molecule has 108 valence electrons. The molecule has 21 heavy (non-hydrogen) atoms. The van der Waals surface area contributed by atoms with Gasteiger partial charge in [-0.05, 0) is 36.7 Å². The standard InChI is InChI=1S/C18H18ClNO/c1-3-12-7-9-13(10-8-12)17(20-2)16-11-14-5-4-6-15(19)18(14)21-16/h4-11,17,20H,3H2,1-2H3. The zero-order chi connectivity index (χ0) is 14.8. The van der Waals surface area contributed by atoms with Crippen LogP contribution in [0, 0.1) is 0 Å². The number of halogens is 1. The van der Waals surface area contributed by atoms with Crippen LogP contribution in [0.4, 0.5) is 0 Å². The second kappa shape index (κ2) is 5.92. The highest BCUT2D eigenvalue weighted by atomic mass is 35.5. The Hall–Kier alpha value is -1.77. The second-order valence-electron chi connectivity index (χ2n) is 5.12. The molecule has 3 aromatic rings. The molecule has 0 saturated heterocycles. The third kappa shape index (κ3) is 2.69. The van der Waals surface area contributed by atoms with Crippen molar-refractivity contribution in [2.45, 2.75) is 19.4 Å². The number of furan rings is 1. The Morgan fingerprint density at radius 1 is 1.14 bits per heavy atom. The van der Waals surface area contributed by atoms with E-state index in [1.165, 1.54) is 11.1 Å². The van der Waals surface area contributed by atoms with Crippen molar-refractivity contribution in [2.24, 2.45) is 0 Å². The van der Waals surface area contributed by atoms with Crippen molar-refractivity contribution in [1.82, 2.24) is 5.32 Å². The van der Waals surface area contributed by atoms with Crippen molar-refractivity contribution in [2.75, 3.05) is 7.05 Å². The lowest BCUT2D eigenvalue weighted by atomic mass is 10.0. The third-order valence-corrected chi connectivity index (χ3v) is 4.11. The van der Waals surface area contributed by atoms with Gasteiger partial charge in [0.25, 0.3) is 0 Å². The van der Waals surface area contributed by atoms with E-state index in [2.05, 4.69) is 42.6 Å². The summed E-state index contributed by atoms with van der Waals surface area (Å²) < 4.78 is 5.97. The molecule has 0 aliphatic carbocycles. The molecule has 0 saturated carbocycles. The Kier molecular flexibility index (Phi) is 4.00. The van der Waals surface area contributed by atoms with Crippen LogP contribution in [-0.2, 0) is 6.42 Å². The second-order valence-corrected chi connectivity index (χ2v) is 5.53. The van der Waals surface area contributed by atoms with Crippen LogP contribution in [0.2, 0.25) is 5.02 Å². The van der Waals surface area contributed by atoms with E-state index in [0.717, 1.165) is 23.2 Å². The lowest BCUT2D eigenvalue weighted by Gasteiger charge is -2.14. The van der Waals surface area contributed by atoms with E-state index in [1.54, 1.807) is 0 Å². The summed E-state index contributed by atoms with van der Waals surface area (Å²) in [6, 6.07) is 16.5. The lowest BCUT2D eigenvalue weighted by Crippen LogP contribution is -2.16. The van der Waals surface area contributed by atoms with Crippen molar-refractivity contribution >= 4 is 22.6 Å². The van der Waals surface area contributed by atoms with E-state index >= 15 is 0 Å². The van der Waals surface area contributed by atoms with E-state index in [0.29, 0.717) is 5.02 Å². The molecule has 1 unspecified atom stereocenters. The Morgan fingerprint density at radius 2 is 1.90 bits per heavy atom. The van der Waals surface area contributed by atoms with Gasteiger partial charge in [-0.1, -0.05) is 54.9 Å². The number of nitrogens with one attached hydrogen (secondary N) is 1. The van der Waals surface area contributed by atoms with Gasteiger partial charge in [-0.2, -0.15) is 0 Å². The molecule has 0 spiro atoms. The summed E-state index contributed by atoms with van der Waals surface area (Å²) in [5.41, 5.74) is 3.27. The van der Waals surface area contributed by atoms with E-state index in [-0.39, 0.29) is 6.04 Å². The Labute approximate surface area is 129 Å². The summed E-state index contributed by atoms with van der Waals surface area (Å²) in [7, 11) is 1.94. The quantitative estimate of drug-likeness (QED) is 0.737. The molecule has 3 rings (SSSR count). The number of hydrogen-bond acceptors (Lipinski definition) is 2. The SMILES string of the molecule is CCc1ccc(C(NC)c2cc3cccc(Cl)c3o2)cc1. The van der Waals surface area contributed by atoms with Crippen LogP contribution in [0.25, 0.3) is 11.0 Å². The molecule has 0 aliphatic rings. The maximum Gasteiger partial charge on any atom is 0.152 e. The largest absolute Gasteiger partial charge is 0.457 e. The monoisotopic (exact) mass is 299 g/mol. The van der Waals surface area contributed by atoms with Crippen molar-refractivity contribution in [1.29, 1.82) is 0 Å². The molecule has 3 heteroatoms. The predicted octanol–water partition coefficient (Wildman–Crippen LogP) is 4.96. The van der Waals surface area contributed by atoms with E-state index < -0.39 is 0 Å². The zero-order valence-electron chi connectivity index (χ0n) is 12.2. The van der Waals surface area contributed by atoms with E-state index in [9.17, 15) is 0 Å². The normalized spacial score (nSPS) is 12.7. The maximum absolute atomic E-state index is 6.19. The van der Waals surface area contributed by atoms with Gasteiger partial charge in [0.1, 0.15) is 5.76 Å². The van der Waals surface area contributed by atoms with Crippen LogP contribution >= 0.6 is 11.6 Å². The molecule has 0 fully saturated rings. The molecule has 0 radical (unpaired) electrons. The summed E-state index contributed by atoms with van der Waals surface area (Å²) in [5.74, 6) is 0.879. The molecule has 1 aromatic heterocycles. The molecule has 0 amide bonds. The van der Waals surface area contributed by atoms with Crippen molar-refractivity contribution in [3.63, 3.8) is 0 Å². The molecule has 1 N–H and O–H groups in total. The minimum Gasteiger partial charge on any atom is -0.457 e. The van der Waals surface area contributed by atoms with Gasteiger partial charge in [0.05, 0.1) is 11.1 Å². The first kappa shape index (κ1) is 14.2. The fourth-order valence-corrected chi connectivity index (χ4v) is 2.83. The Bertz CT molecular complexity index is 746. The van der Waals surface area contributed by atoms with Crippen LogP contribution in [-0.4, -0.2) is 7.05 Å². The minimum absolute atomic E-state index is 0.0272. The first-order chi connectivity index (χ1) is 10.2. The highest BCUT2D eigenvalue weighted by Crippen LogP contribution is 2.31. The number of benzene rings is 2. The molecule has 0 aliphatic heterocycles. The van der Waals surface area contributed by atoms with E-state index in [4.69, 9.17) is 16.0 Å². The average Bonchev–Trinajstić information content (AvgIpc) is 2.94. The van der Waals surface area contributed by atoms with Crippen LogP contribution in [0.3, 0.4) is 0 Å². The van der Waals surface area contributed by atoms with E-state index in [1.807, 2.05) is 25.2 Å². The topological polar surface area (TPSA) is 25.2 Å². The smallest absolute Gasteiger partial charge is 0.152 e. The molecule has 0 bridgehead atoms. The summed E-state index contributed by atoms with van der Waals surface area (Å²) in [4.78, 5) is 0. The number of hydrogen-bond donors (Lipinski definition) is 1. The maximum atomic E-state index is 6.19. The molecule has 1 atom stereocenters. The van der Waals surface area contributed by atoms with Crippen LogP contribution < -0.4 is 5.32 Å².